The Hall–Kier alpha value is -1.39. The van der Waals surface area contributed by atoms with Crippen LogP contribution in [-0.2, 0) is 11.3 Å². The molecule has 0 saturated carbocycles. The normalized spacial score (nSPS) is 20.8. The van der Waals surface area contributed by atoms with Gasteiger partial charge >= 0.3 is 0 Å². The van der Waals surface area contributed by atoms with Crippen LogP contribution in [0.15, 0.2) is 30.3 Å². The third kappa shape index (κ3) is 4.32. The van der Waals surface area contributed by atoms with Crippen molar-refractivity contribution in [1.29, 1.82) is 0 Å². The number of amides is 1. The molecule has 110 valence electrons. The van der Waals surface area contributed by atoms with Crippen LogP contribution in [0.4, 0.5) is 0 Å². The van der Waals surface area contributed by atoms with E-state index in [4.69, 9.17) is 0 Å². The fraction of sp³-hybridized carbons (Fsp3) is 0.562. The smallest absolute Gasteiger partial charge is 0.234 e. The van der Waals surface area contributed by atoms with E-state index >= 15 is 0 Å². The van der Waals surface area contributed by atoms with E-state index in [-0.39, 0.29) is 5.91 Å². The molecule has 0 aromatic heterocycles. The first-order valence-electron chi connectivity index (χ1n) is 7.46. The lowest BCUT2D eigenvalue weighted by Crippen LogP contribution is -2.53. The molecule has 4 heteroatoms. The molecule has 1 saturated heterocycles. The van der Waals surface area contributed by atoms with E-state index in [0.717, 1.165) is 26.2 Å². The summed E-state index contributed by atoms with van der Waals surface area (Å²) in [6.07, 6.45) is 0. The van der Waals surface area contributed by atoms with E-state index in [0.29, 0.717) is 19.1 Å². The number of piperazine rings is 1. The Balaban J connectivity index is 1.81. The highest BCUT2D eigenvalue weighted by Crippen LogP contribution is 2.12. The van der Waals surface area contributed by atoms with Crippen LogP contribution < -0.4 is 5.32 Å². The Morgan fingerprint density at radius 2 is 2.05 bits per heavy atom. The van der Waals surface area contributed by atoms with Gasteiger partial charge in [0, 0.05) is 38.8 Å². The number of rotatable bonds is 5. The minimum atomic E-state index is 0.135. The van der Waals surface area contributed by atoms with Gasteiger partial charge in [-0.15, -0.1) is 0 Å². The van der Waals surface area contributed by atoms with Crippen LogP contribution in [0, 0.1) is 0 Å². The lowest BCUT2D eigenvalue weighted by Gasteiger charge is -2.39. The van der Waals surface area contributed by atoms with Crippen LogP contribution >= 0.6 is 0 Å². The molecular formula is C16H25N3O. The second-order valence-electron chi connectivity index (χ2n) is 5.49. The van der Waals surface area contributed by atoms with Crippen molar-refractivity contribution in [3.63, 3.8) is 0 Å². The summed E-state index contributed by atoms with van der Waals surface area (Å²) in [5.41, 5.74) is 1.36. The Morgan fingerprint density at radius 1 is 1.30 bits per heavy atom. The molecule has 0 aliphatic carbocycles. The van der Waals surface area contributed by atoms with Crippen molar-refractivity contribution < 1.29 is 4.79 Å². The van der Waals surface area contributed by atoms with Gasteiger partial charge in [0.1, 0.15) is 0 Å². The van der Waals surface area contributed by atoms with Crippen LogP contribution in [0.5, 0.6) is 0 Å². The molecule has 1 heterocycles. The van der Waals surface area contributed by atoms with Gasteiger partial charge in [-0.05, 0) is 19.4 Å². The summed E-state index contributed by atoms with van der Waals surface area (Å²) in [4.78, 5) is 16.4. The molecular weight excluding hydrogens is 250 g/mol. The topological polar surface area (TPSA) is 35.6 Å². The Morgan fingerprint density at radius 3 is 2.70 bits per heavy atom. The minimum Gasteiger partial charge on any atom is -0.355 e. The number of hydrogen-bond acceptors (Lipinski definition) is 3. The quantitative estimate of drug-likeness (QED) is 0.880. The molecule has 1 aromatic carbocycles. The number of carbonyl (C=O) groups is 1. The lowest BCUT2D eigenvalue weighted by molar-refractivity contribution is -0.123. The van der Waals surface area contributed by atoms with E-state index in [1.54, 1.807) is 0 Å². The highest BCUT2D eigenvalue weighted by Gasteiger charge is 2.24. The monoisotopic (exact) mass is 275 g/mol. The van der Waals surface area contributed by atoms with Crippen molar-refractivity contribution >= 4 is 5.91 Å². The second-order valence-corrected chi connectivity index (χ2v) is 5.49. The van der Waals surface area contributed by atoms with Gasteiger partial charge < -0.3 is 5.32 Å². The fourth-order valence-electron chi connectivity index (χ4n) is 2.73. The summed E-state index contributed by atoms with van der Waals surface area (Å²) in [5.74, 6) is 0.135. The van der Waals surface area contributed by atoms with Crippen LogP contribution in [0.2, 0.25) is 0 Å². The Bertz CT molecular complexity index is 421. The van der Waals surface area contributed by atoms with E-state index < -0.39 is 0 Å². The van der Waals surface area contributed by atoms with Crippen molar-refractivity contribution in [2.75, 3.05) is 32.7 Å². The molecule has 20 heavy (non-hydrogen) atoms. The number of benzene rings is 1. The van der Waals surface area contributed by atoms with Gasteiger partial charge in [-0.2, -0.15) is 0 Å². The lowest BCUT2D eigenvalue weighted by atomic mass is 10.1. The van der Waals surface area contributed by atoms with Gasteiger partial charge in [-0.1, -0.05) is 30.3 Å². The van der Waals surface area contributed by atoms with E-state index in [1.165, 1.54) is 5.56 Å². The summed E-state index contributed by atoms with van der Waals surface area (Å²) in [5, 5.41) is 2.87. The van der Waals surface area contributed by atoms with Gasteiger partial charge in [0.15, 0.2) is 0 Å². The molecule has 0 spiro atoms. The molecule has 0 unspecified atom stereocenters. The average Bonchev–Trinajstić information content (AvgIpc) is 2.43. The second kappa shape index (κ2) is 7.41. The predicted molar refractivity (Wildman–Crippen MR) is 81.4 cm³/mol. The van der Waals surface area contributed by atoms with E-state index in [9.17, 15) is 4.79 Å². The molecule has 1 amide bonds. The molecule has 0 radical (unpaired) electrons. The van der Waals surface area contributed by atoms with Crippen LogP contribution in [-0.4, -0.2) is 54.5 Å². The molecule has 2 rings (SSSR count). The van der Waals surface area contributed by atoms with Gasteiger partial charge in [0.2, 0.25) is 5.91 Å². The van der Waals surface area contributed by atoms with Gasteiger partial charge in [0.05, 0.1) is 6.54 Å². The summed E-state index contributed by atoms with van der Waals surface area (Å²) in [6.45, 7) is 9.41. The zero-order chi connectivity index (χ0) is 14.4. The Labute approximate surface area is 121 Å². The van der Waals surface area contributed by atoms with Crippen molar-refractivity contribution in [3.05, 3.63) is 35.9 Å². The highest BCUT2D eigenvalue weighted by molar-refractivity contribution is 5.77. The zero-order valence-electron chi connectivity index (χ0n) is 12.5. The van der Waals surface area contributed by atoms with E-state index in [1.807, 2.05) is 6.92 Å². The Kier molecular flexibility index (Phi) is 5.56. The minimum absolute atomic E-state index is 0.135. The van der Waals surface area contributed by atoms with E-state index in [2.05, 4.69) is 52.4 Å². The fourth-order valence-corrected chi connectivity index (χ4v) is 2.73. The maximum Gasteiger partial charge on any atom is 0.234 e. The summed E-state index contributed by atoms with van der Waals surface area (Å²) >= 11 is 0. The molecule has 0 bridgehead atoms. The number of likely N-dealkylation sites (N-methyl/N-ethyl adjacent to an activating group) is 1. The molecule has 1 fully saturated rings. The van der Waals surface area contributed by atoms with Crippen molar-refractivity contribution in [1.82, 2.24) is 15.1 Å². The van der Waals surface area contributed by atoms with Crippen LogP contribution in [0.1, 0.15) is 19.4 Å². The highest BCUT2D eigenvalue weighted by atomic mass is 16.2. The maximum absolute atomic E-state index is 11.7. The molecule has 1 aliphatic rings. The average molecular weight is 275 g/mol. The first kappa shape index (κ1) is 15.0. The van der Waals surface area contributed by atoms with Gasteiger partial charge in [0.25, 0.3) is 0 Å². The van der Waals surface area contributed by atoms with Crippen LogP contribution in [0.25, 0.3) is 0 Å². The summed E-state index contributed by atoms with van der Waals surface area (Å²) in [6, 6.07) is 11.0. The largest absolute Gasteiger partial charge is 0.355 e. The van der Waals surface area contributed by atoms with Crippen molar-refractivity contribution in [2.24, 2.45) is 0 Å². The molecule has 1 aromatic rings. The summed E-state index contributed by atoms with van der Waals surface area (Å²) < 4.78 is 0. The zero-order valence-corrected chi connectivity index (χ0v) is 12.5. The first-order chi connectivity index (χ1) is 9.69. The number of nitrogens with zero attached hydrogens (tertiary/aromatic N) is 2. The maximum atomic E-state index is 11.7. The standard InChI is InChI=1S/C16H25N3O/c1-3-17-16(20)13-19-10-9-18(11-14(19)2)12-15-7-5-4-6-8-15/h4-8,14H,3,9-13H2,1-2H3,(H,17,20)/t14-/m1/s1. The van der Waals surface area contributed by atoms with Gasteiger partial charge in [-0.25, -0.2) is 0 Å². The molecule has 1 atom stereocenters. The molecule has 1 N–H and O–H groups in total. The number of carbonyl (C=O) groups excluding carboxylic acids is 1. The molecule has 1 aliphatic heterocycles. The third-order valence-electron chi connectivity index (χ3n) is 3.82. The third-order valence-corrected chi connectivity index (χ3v) is 3.82. The van der Waals surface area contributed by atoms with Crippen molar-refractivity contribution in [3.8, 4) is 0 Å². The van der Waals surface area contributed by atoms with Crippen molar-refractivity contribution in [2.45, 2.75) is 26.4 Å². The van der Waals surface area contributed by atoms with Crippen LogP contribution in [0.3, 0.4) is 0 Å². The number of hydrogen-bond donors (Lipinski definition) is 1. The van der Waals surface area contributed by atoms with Gasteiger partial charge in [-0.3, -0.25) is 14.6 Å². The first-order valence-corrected chi connectivity index (χ1v) is 7.46. The summed E-state index contributed by atoms with van der Waals surface area (Å²) in [7, 11) is 0. The predicted octanol–water partition coefficient (Wildman–Crippen LogP) is 1.33. The number of nitrogens with one attached hydrogen (secondary N) is 1. The molecule has 4 nitrogen and oxygen atoms in total. The SMILES string of the molecule is CCNC(=O)CN1CCN(Cc2ccccc2)C[C@H]1C.